The molecule has 0 saturated carbocycles. The zero-order valence-corrected chi connectivity index (χ0v) is 22.3. The van der Waals surface area contributed by atoms with Crippen molar-refractivity contribution < 1.29 is 17.9 Å². The molecular formula is C31H31N3O4S. The first kappa shape index (κ1) is 26.6. The lowest BCUT2D eigenvalue weighted by atomic mass is 9.96. The normalized spacial score (nSPS) is 14.7. The Hall–Kier alpha value is -3.98. The van der Waals surface area contributed by atoms with Gasteiger partial charge in [0.15, 0.2) is 6.61 Å². The van der Waals surface area contributed by atoms with Crippen LogP contribution in [0.4, 0.5) is 5.69 Å². The van der Waals surface area contributed by atoms with Gasteiger partial charge in [0.05, 0.1) is 10.9 Å². The minimum absolute atomic E-state index is 0.0611. The third kappa shape index (κ3) is 6.54. The van der Waals surface area contributed by atoms with Crippen LogP contribution < -0.4 is 10.1 Å². The Morgan fingerprint density at radius 1 is 0.718 bits per heavy atom. The van der Waals surface area contributed by atoms with E-state index in [4.69, 9.17) is 4.74 Å². The van der Waals surface area contributed by atoms with Crippen molar-refractivity contribution in [2.24, 2.45) is 0 Å². The monoisotopic (exact) mass is 541 g/mol. The second-order valence-corrected chi connectivity index (χ2v) is 11.3. The van der Waals surface area contributed by atoms with E-state index in [-0.39, 0.29) is 23.5 Å². The summed E-state index contributed by atoms with van der Waals surface area (Å²) in [7, 11) is -3.66. The Kier molecular flexibility index (Phi) is 8.36. The van der Waals surface area contributed by atoms with Crippen molar-refractivity contribution in [3.05, 3.63) is 126 Å². The highest BCUT2D eigenvalue weighted by atomic mass is 32.2. The average molecular weight is 542 g/mol. The lowest BCUT2D eigenvalue weighted by Crippen LogP contribution is -2.49. The number of carbonyl (C=O) groups excluding carboxylic acids is 1. The Labute approximate surface area is 229 Å². The number of para-hydroxylation sites is 1. The second kappa shape index (κ2) is 12.3. The minimum atomic E-state index is -3.66. The van der Waals surface area contributed by atoms with Crippen molar-refractivity contribution in [2.75, 3.05) is 38.1 Å². The van der Waals surface area contributed by atoms with Crippen LogP contribution in [0.2, 0.25) is 0 Å². The summed E-state index contributed by atoms with van der Waals surface area (Å²) in [5.74, 6) is 0.282. The minimum Gasteiger partial charge on any atom is -0.484 e. The summed E-state index contributed by atoms with van der Waals surface area (Å²) < 4.78 is 33.8. The molecule has 4 aromatic carbocycles. The highest BCUT2D eigenvalue weighted by molar-refractivity contribution is 7.89. The van der Waals surface area contributed by atoms with Crippen molar-refractivity contribution in [2.45, 2.75) is 10.9 Å². The van der Waals surface area contributed by atoms with Crippen molar-refractivity contribution in [3.8, 4) is 5.75 Å². The number of piperazine rings is 1. The number of nitrogens with one attached hydrogen (secondary N) is 1. The number of nitrogens with zero attached hydrogens (tertiary/aromatic N) is 2. The number of sulfonamides is 1. The standard InChI is InChI=1S/C31H31N3O4S/c35-30(24-38-28-14-8-3-9-15-28)32-27-16-18-29(19-17-27)39(36,37)34-22-20-33(21-23-34)31(25-10-4-1-5-11-25)26-12-6-2-7-13-26/h1-19,31H,20-24H2,(H,32,35). The highest BCUT2D eigenvalue weighted by Gasteiger charge is 2.32. The topological polar surface area (TPSA) is 78.9 Å². The maximum absolute atomic E-state index is 13.4. The van der Waals surface area contributed by atoms with E-state index in [0.29, 0.717) is 37.6 Å². The lowest BCUT2D eigenvalue weighted by Gasteiger charge is -2.39. The molecule has 7 nitrogen and oxygen atoms in total. The number of anilines is 1. The molecule has 200 valence electrons. The zero-order valence-electron chi connectivity index (χ0n) is 21.5. The number of benzene rings is 4. The molecule has 0 radical (unpaired) electrons. The summed E-state index contributed by atoms with van der Waals surface area (Å²) in [4.78, 5) is 14.8. The van der Waals surface area contributed by atoms with Crippen molar-refractivity contribution in [1.29, 1.82) is 0 Å². The van der Waals surface area contributed by atoms with E-state index in [2.05, 4.69) is 34.5 Å². The van der Waals surface area contributed by atoms with E-state index < -0.39 is 10.0 Å². The second-order valence-electron chi connectivity index (χ2n) is 9.34. The highest BCUT2D eigenvalue weighted by Crippen LogP contribution is 2.30. The van der Waals surface area contributed by atoms with Crippen LogP contribution >= 0.6 is 0 Å². The van der Waals surface area contributed by atoms with E-state index in [1.807, 2.05) is 54.6 Å². The average Bonchev–Trinajstić information content (AvgIpc) is 2.98. The van der Waals surface area contributed by atoms with E-state index >= 15 is 0 Å². The maximum atomic E-state index is 13.4. The molecule has 1 aliphatic heterocycles. The number of carbonyl (C=O) groups is 1. The Balaban J connectivity index is 1.21. The van der Waals surface area contributed by atoms with E-state index in [1.54, 1.807) is 24.3 Å². The van der Waals surface area contributed by atoms with Crippen molar-refractivity contribution >= 4 is 21.6 Å². The Morgan fingerprint density at radius 2 is 1.23 bits per heavy atom. The fourth-order valence-electron chi connectivity index (χ4n) is 4.81. The van der Waals surface area contributed by atoms with Gasteiger partial charge in [0.2, 0.25) is 10.0 Å². The molecule has 39 heavy (non-hydrogen) atoms. The first-order valence-corrected chi connectivity index (χ1v) is 14.4. The molecule has 0 atom stereocenters. The summed E-state index contributed by atoms with van der Waals surface area (Å²) >= 11 is 0. The molecule has 1 amide bonds. The summed E-state index contributed by atoms with van der Waals surface area (Å²) in [6.45, 7) is 1.88. The third-order valence-electron chi connectivity index (χ3n) is 6.76. The Bertz CT molecular complexity index is 1420. The van der Waals surface area contributed by atoms with Gasteiger partial charge in [-0.15, -0.1) is 0 Å². The molecular weight excluding hydrogens is 510 g/mol. The molecule has 5 rings (SSSR count). The van der Waals surface area contributed by atoms with Crippen LogP contribution in [0.25, 0.3) is 0 Å². The van der Waals surface area contributed by atoms with Crippen LogP contribution in [0.1, 0.15) is 17.2 Å². The molecule has 1 heterocycles. The third-order valence-corrected chi connectivity index (χ3v) is 8.67. The van der Waals surface area contributed by atoms with Crippen molar-refractivity contribution in [3.63, 3.8) is 0 Å². The van der Waals surface area contributed by atoms with Gasteiger partial charge < -0.3 is 10.1 Å². The summed E-state index contributed by atoms with van der Waals surface area (Å²) in [5, 5.41) is 2.74. The lowest BCUT2D eigenvalue weighted by molar-refractivity contribution is -0.118. The first-order chi connectivity index (χ1) is 19.0. The molecule has 0 unspecified atom stereocenters. The number of amides is 1. The van der Waals surface area contributed by atoms with Gasteiger partial charge in [-0.2, -0.15) is 4.31 Å². The van der Waals surface area contributed by atoms with Crippen LogP contribution in [0.3, 0.4) is 0 Å². The molecule has 1 saturated heterocycles. The summed E-state index contributed by atoms with van der Waals surface area (Å²) in [6.07, 6.45) is 0. The maximum Gasteiger partial charge on any atom is 0.262 e. The van der Waals surface area contributed by atoms with Gasteiger partial charge >= 0.3 is 0 Å². The van der Waals surface area contributed by atoms with Crippen molar-refractivity contribution in [1.82, 2.24) is 9.21 Å². The number of hydrogen-bond acceptors (Lipinski definition) is 5. The summed E-state index contributed by atoms with van der Waals surface area (Å²) in [5.41, 5.74) is 2.88. The number of ether oxygens (including phenoxy) is 1. The van der Waals surface area contributed by atoms with Gasteiger partial charge in [-0.1, -0.05) is 78.9 Å². The molecule has 0 aromatic heterocycles. The molecule has 1 aliphatic rings. The quantitative estimate of drug-likeness (QED) is 0.329. The number of rotatable bonds is 9. The van der Waals surface area contributed by atoms with Gasteiger partial charge in [-0.3, -0.25) is 9.69 Å². The van der Waals surface area contributed by atoms with Gasteiger partial charge in [0.1, 0.15) is 5.75 Å². The molecule has 0 aliphatic carbocycles. The van der Waals surface area contributed by atoms with E-state index in [9.17, 15) is 13.2 Å². The predicted molar refractivity (Wildman–Crippen MR) is 152 cm³/mol. The summed E-state index contributed by atoms with van der Waals surface area (Å²) in [6, 6.07) is 36.0. The van der Waals surface area contributed by atoms with E-state index in [0.717, 1.165) is 0 Å². The molecule has 1 N–H and O–H groups in total. The molecule has 8 heteroatoms. The van der Waals surface area contributed by atoms with Gasteiger partial charge in [-0.25, -0.2) is 8.42 Å². The number of hydrogen-bond donors (Lipinski definition) is 1. The molecule has 0 bridgehead atoms. The van der Waals surface area contributed by atoms with Crippen LogP contribution in [0.5, 0.6) is 5.75 Å². The smallest absolute Gasteiger partial charge is 0.262 e. The van der Waals surface area contributed by atoms with Crippen LogP contribution in [0, 0.1) is 0 Å². The van der Waals surface area contributed by atoms with Crippen LogP contribution in [-0.4, -0.2) is 56.3 Å². The molecule has 1 fully saturated rings. The van der Waals surface area contributed by atoms with Gasteiger partial charge in [-0.05, 0) is 47.5 Å². The fourth-order valence-corrected chi connectivity index (χ4v) is 6.23. The fraction of sp³-hybridized carbons (Fsp3) is 0.194. The first-order valence-electron chi connectivity index (χ1n) is 12.9. The van der Waals surface area contributed by atoms with Gasteiger partial charge in [0, 0.05) is 31.9 Å². The largest absolute Gasteiger partial charge is 0.484 e. The predicted octanol–water partition coefficient (Wildman–Crippen LogP) is 4.80. The SMILES string of the molecule is O=C(COc1ccccc1)Nc1ccc(S(=O)(=O)N2CCN(C(c3ccccc3)c3ccccc3)CC2)cc1. The van der Waals surface area contributed by atoms with Crippen LogP contribution in [0.15, 0.2) is 120 Å². The van der Waals surface area contributed by atoms with E-state index in [1.165, 1.54) is 27.6 Å². The Morgan fingerprint density at radius 3 is 1.77 bits per heavy atom. The molecule has 4 aromatic rings. The zero-order chi connectivity index (χ0) is 27.1. The van der Waals surface area contributed by atoms with Crippen LogP contribution in [-0.2, 0) is 14.8 Å². The van der Waals surface area contributed by atoms with Gasteiger partial charge in [0.25, 0.3) is 5.91 Å². The molecule has 0 spiro atoms.